The average molecular weight is 197 g/mol. The number of rotatable bonds is 4. The molecule has 0 atom stereocenters. The summed E-state index contributed by atoms with van der Waals surface area (Å²) < 4.78 is 10.4. The molecule has 0 radical (unpaired) electrons. The van der Waals surface area contributed by atoms with Crippen LogP contribution in [0.3, 0.4) is 0 Å². The molecule has 0 aromatic carbocycles. The minimum Gasteiger partial charge on any atom is -0.469 e. The van der Waals surface area contributed by atoms with Crippen LogP contribution in [0, 0.1) is 0 Å². The summed E-state index contributed by atoms with van der Waals surface area (Å²) in [7, 11) is 1.65. The smallest absolute Gasteiger partial charge is 0.112 e. The van der Waals surface area contributed by atoms with Crippen molar-refractivity contribution >= 4 is 0 Å². The van der Waals surface area contributed by atoms with E-state index in [0.717, 1.165) is 11.3 Å². The summed E-state index contributed by atoms with van der Waals surface area (Å²) in [6.45, 7) is 1.82. The van der Waals surface area contributed by atoms with Crippen LogP contribution in [0.1, 0.15) is 11.3 Å². The van der Waals surface area contributed by atoms with Gasteiger partial charge in [0.05, 0.1) is 18.5 Å². The van der Waals surface area contributed by atoms with Gasteiger partial charge in [-0.05, 0) is 6.07 Å². The van der Waals surface area contributed by atoms with Crippen LogP contribution in [0.15, 0.2) is 16.7 Å². The normalized spacial score (nSPS) is 19.3. The molecule has 1 fully saturated rings. The molecule has 2 N–H and O–H groups in total. The van der Waals surface area contributed by atoms with E-state index in [0.29, 0.717) is 26.1 Å². The molecule has 0 spiro atoms. The molecule has 1 aromatic heterocycles. The Bertz CT molecular complexity index is 304. The predicted molar refractivity (Wildman–Crippen MR) is 50.9 cm³/mol. The van der Waals surface area contributed by atoms with E-state index < -0.39 is 5.60 Å². The Labute approximate surface area is 82.9 Å². The molecule has 0 bridgehead atoms. The first-order chi connectivity index (χ1) is 6.73. The zero-order chi connectivity index (χ0) is 10.0. The van der Waals surface area contributed by atoms with Gasteiger partial charge in [0.25, 0.3) is 0 Å². The SMILES string of the molecule is COCc1ccoc1CC1(O)CNC1. The average Bonchev–Trinajstić information content (AvgIpc) is 2.51. The summed E-state index contributed by atoms with van der Waals surface area (Å²) in [5, 5.41) is 13.0. The van der Waals surface area contributed by atoms with E-state index in [4.69, 9.17) is 9.15 Å². The van der Waals surface area contributed by atoms with Gasteiger partial charge in [0.2, 0.25) is 0 Å². The second kappa shape index (κ2) is 3.73. The minimum atomic E-state index is -0.625. The first-order valence-electron chi connectivity index (χ1n) is 4.71. The third kappa shape index (κ3) is 1.82. The molecule has 1 aliphatic heterocycles. The van der Waals surface area contributed by atoms with Crippen molar-refractivity contribution in [3.63, 3.8) is 0 Å². The molecule has 2 rings (SSSR count). The highest BCUT2D eigenvalue weighted by Crippen LogP contribution is 2.21. The molecular formula is C10H15NO3. The van der Waals surface area contributed by atoms with E-state index in [-0.39, 0.29) is 0 Å². The molecule has 4 nitrogen and oxygen atoms in total. The van der Waals surface area contributed by atoms with Gasteiger partial charge >= 0.3 is 0 Å². The second-order valence-corrected chi connectivity index (χ2v) is 3.81. The van der Waals surface area contributed by atoms with E-state index >= 15 is 0 Å². The Hall–Kier alpha value is -0.840. The van der Waals surface area contributed by atoms with Gasteiger partial charge in [-0.15, -0.1) is 0 Å². The maximum Gasteiger partial charge on any atom is 0.112 e. The van der Waals surface area contributed by atoms with Gasteiger partial charge in [-0.3, -0.25) is 0 Å². The molecule has 78 valence electrons. The van der Waals surface area contributed by atoms with Crippen LogP contribution in [0.2, 0.25) is 0 Å². The molecule has 0 saturated carbocycles. The maximum atomic E-state index is 9.91. The third-order valence-electron chi connectivity index (χ3n) is 2.54. The monoisotopic (exact) mass is 197 g/mol. The summed E-state index contributed by atoms with van der Waals surface area (Å²) >= 11 is 0. The zero-order valence-electron chi connectivity index (χ0n) is 8.25. The number of furan rings is 1. The maximum absolute atomic E-state index is 9.91. The minimum absolute atomic E-state index is 0.537. The van der Waals surface area contributed by atoms with Gasteiger partial charge in [0, 0.05) is 32.2 Å². The summed E-state index contributed by atoms with van der Waals surface area (Å²) in [6, 6.07) is 1.88. The first kappa shape index (κ1) is 9.71. The lowest BCUT2D eigenvalue weighted by Gasteiger charge is -2.37. The molecule has 1 saturated heterocycles. The van der Waals surface area contributed by atoms with Crippen molar-refractivity contribution in [3.05, 3.63) is 23.7 Å². The Morgan fingerprint density at radius 2 is 2.43 bits per heavy atom. The van der Waals surface area contributed by atoms with Crippen molar-refractivity contribution in [2.45, 2.75) is 18.6 Å². The molecule has 1 aliphatic rings. The largest absolute Gasteiger partial charge is 0.469 e. The molecule has 0 amide bonds. The van der Waals surface area contributed by atoms with Crippen molar-refractivity contribution in [2.24, 2.45) is 0 Å². The van der Waals surface area contributed by atoms with Gasteiger partial charge in [-0.1, -0.05) is 0 Å². The highest BCUT2D eigenvalue weighted by molar-refractivity contribution is 5.19. The van der Waals surface area contributed by atoms with Crippen LogP contribution in [-0.4, -0.2) is 30.9 Å². The van der Waals surface area contributed by atoms with Crippen molar-refractivity contribution in [2.75, 3.05) is 20.2 Å². The summed E-state index contributed by atoms with van der Waals surface area (Å²) in [5.74, 6) is 0.829. The van der Waals surface area contributed by atoms with E-state index in [1.165, 1.54) is 0 Å². The van der Waals surface area contributed by atoms with Gasteiger partial charge in [0.1, 0.15) is 5.76 Å². The van der Waals surface area contributed by atoms with Crippen molar-refractivity contribution in [3.8, 4) is 0 Å². The van der Waals surface area contributed by atoms with Crippen LogP contribution in [0.5, 0.6) is 0 Å². The Balaban J connectivity index is 2.04. The van der Waals surface area contributed by atoms with Gasteiger partial charge in [0.15, 0.2) is 0 Å². The summed E-state index contributed by atoms with van der Waals surface area (Å²) in [5.41, 5.74) is 0.396. The van der Waals surface area contributed by atoms with E-state index in [1.807, 2.05) is 6.07 Å². The van der Waals surface area contributed by atoms with Crippen LogP contribution >= 0.6 is 0 Å². The predicted octanol–water partition coefficient (Wildman–Crippen LogP) is 0.303. The number of methoxy groups -OCH3 is 1. The molecule has 0 unspecified atom stereocenters. The summed E-state index contributed by atoms with van der Waals surface area (Å²) in [6.07, 6.45) is 2.20. The standard InChI is InChI=1S/C10H15NO3/c1-13-5-8-2-3-14-9(8)4-10(12)6-11-7-10/h2-3,11-12H,4-7H2,1H3. The van der Waals surface area contributed by atoms with E-state index in [2.05, 4.69) is 5.32 Å². The van der Waals surface area contributed by atoms with Gasteiger partial charge in [-0.2, -0.15) is 0 Å². The molecule has 14 heavy (non-hydrogen) atoms. The fourth-order valence-corrected chi connectivity index (χ4v) is 1.64. The lowest BCUT2D eigenvalue weighted by atomic mass is 9.91. The van der Waals surface area contributed by atoms with Crippen molar-refractivity contribution in [1.82, 2.24) is 5.32 Å². The topological polar surface area (TPSA) is 54.6 Å². The lowest BCUT2D eigenvalue weighted by molar-refractivity contribution is -0.0135. The van der Waals surface area contributed by atoms with Gasteiger partial charge in [-0.25, -0.2) is 0 Å². The van der Waals surface area contributed by atoms with Crippen molar-refractivity contribution in [1.29, 1.82) is 0 Å². The molecule has 0 aliphatic carbocycles. The van der Waals surface area contributed by atoms with E-state index in [9.17, 15) is 5.11 Å². The number of hydrogen-bond acceptors (Lipinski definition) is 4. The zero-order valence-corrected chi connectivity index (χ0v) is 8.25. The Morgan fingerprint density at radius 3 is 3.00 bits per heavy atom. The quantitative estimate of drug-likeness (QED) is 0.729. The Kier molecular flexibility index (Phi) is 2.58. The van der Waals surface area contributed by atoms with Crippen molar-refractivity contribution < 1.29 is 14.3 Å². The van der Waals surface area contributed by atoms with Gasteiger partial charge < -0.3 is 19.6 Å². The fourth-order valence-electron chi connectivity index (χ4n) is 1.64. The number of β-amino-alcohol motifs (C(OH)–C–C–N with tert-alkyl or cyclic N) is 1. The van der Waals surface area contributed by atoms with Crippen LogP contribution in [0.25, 0.3) is 0 Å². The third-order valence-corrected chi connectivity index (χ3v) is 2.54. The van der Waals surface area contributed by atoms with E-state index in [1.54, 1.807) is 13.4 Å². The molecular weight excluding hydrogens is 182 g/mol. The Morgan fingerprint density at radius 1 is 1.64 bits per heavy atom. The van der Waals surface area contributed by atoms with Crippen LogP contribution < -0.4 is 5.32 Å². The molecule has 2 heterocycles. The van der Waals surface area contributed by atoms with Crippen LogP contribution in [0.4, 0.5) is 0 Å². The highest BCUT2D eigenvalue weighted by atomic mass is 16.5. The highest BCUT2D eigenvalue weighted by Gasteiger charge is 2.35. The summed E-state index contributed by atoms with van der Waals surface area (Å²) in [4.78, 5) is 0. The molecule has 1 aromatic rings. The number of ether oxygens (including phenoxy) is 1. The molecule has 4 heteroatoms. The number of nitrogens with one attached hydrogen (secondary N) is 1. The first-order valence-corrected chi connectivity index (χ1v) is 4.71. The fraction of sp³-hybridized carbons (Fsp3) is 0.600. The second-order valence-electron chi connectivity index (χ2n) is 3.81. The van der Waals surface area contributed by atoms with Crippen LogP contribution in [-0.2, 0) is 17.8 Å². The number of hydrogen-bond donors (Lipinski definition) is 2. The lowest BCUT2D eigenvalue weighted by Crippen LogP contribution is -2.60. The number of aliphatic hydroxyl groups is 1.